The van der Waals surface area contributed by atoms with Gasteiger partial charge in [-0.05, 0) is 30.7 Å². The Bertz CT molecular complexity index is 1280. The maximum Gasteiger partial charge on any atom is 0.276 e. The minimum absolute atomic E-state index is 0.0333. The van der Waals surface area contributed by atoms with Crippen LogP contribution in [0.3, 0.4) is 0 Å². The van der Waals surface area contributed by atoms with E-state index in [2.05, 4.69) is 23.1 Å². The monoisotopic (exact) mass is 425 g/mol. The van der Waals surface area contributed by atoms with E-state index in [0.29, 0.717) is 13.1 Å². The molecule has 0 amide bonds. The molecule has 0 spiro atoms. The second-order valence-corrected chi connectivity index (χ2v) is 8.33. The average Bonchev–Trinajstić information content (AvgIpc) is 2.96. The SMILES string of the molecule is Cc1c(CN2Cc3ccccc3OC(c3ccccc3)C2)c(=O)n(-c2ccccc2)n1C. The zero-order valence-corrected chi connectivity index (χ0v) is 18.4. The van der Waals surface area contributed by atoms with E-state index in [1.807, 2.05) is 85.4 Å². The molecule has 0 N–H and O–H groups in total. The Balaban J connectivity index is 1.52. The number of fused-ring (bicyclic) bond motifs is 1. The molecule has 4 aromatic rings. The molecule has 0 radical (unpaired) electrons. The van der Waals surface area contributed by atoms with Crippen LogP contribution in [0.5, 0.6) is 5.75 Å². The van der Waals surface area contributed by atoms with E-state index >= 15 is 0 Å². The van der Waals surface area contributed by atoms with Gasteiger partial charge in [0.25, 0.3) is 5.56 Å². The van der Waals surface area contributed by atoms with Gasteiger partial charge in [-0.1, -0.05) is 66.7 Å². The summed E-state index contributed by atoms with van der Waals surface area (Å²) in [5.41, 5.74) is 4.99. The van der Waals surface area contributed by atoms with Crippen LogP contribution >= 0.6 is 0 Å². The fourth-order valence-electron chi connectivity index (χ4n) is 4.47. The number of ether oxygens (including phenoxy) is 1. The Morgan fingerprint density at radius 1 is 0.906 bits per heavy atom. The van der Waals surface area contributed by atoms with Crippen molar-refractivity contribution in [1.82, 2.24) is 14.3 Å². The molecule has 1 unspecified atom stereocenters. The lowest BCUT2D eigenvalue weighted by molar-refractivity contribution is 0.143. The number of nitrogens with zero attached hydrogens (tertiary/aromatic N) is 3. The van der Waals surface area contributed by atoms with Crippen LogP contribution < -0.4 is 10.3 Å². The largest absolute Gasteiger partial charge is 0.484 e. The Hall–Kier alpha value is -3.57. The topological polar surface area (TPSA) is 39.4 Å². The van der Waals surface area contributed by atoms with Crippen LogP contribution in [0.4, 0.5) is 0 Å². The van der Waals surface area contributed by atoms with E-state index in [9.17, 15) is 4.79 Å². The summed E-state index contributed by atoms with van der Waals surface area (Å²) in [4.78, 5) is 15.8. The van der Waals surface area contributed by atoms with Crippen LogP contribution in [-0.2, 0) is 20.1 Å². The summed E-state index contributed by atoms with van der Waals surface area (Å²) in [6.07, 6.45) is -0.0970. The lowest BCUT2D eigenvalue weighted by Crippen LogP contribution is -2.30. The molecule has 0 saturated carbocycles. The maximum absolute atomic E-state index is 13.5. The summed E-state index contributed by atoms with van der Waals surface area (Å²) in [5.74, 6) is 0.912. The number of benzene rings is 3. The molecule has 1 atom stereocenters. The van der Waals surface area contributed by atoms with Crippen molar-refractivity contribution in [2.24, 2.45) is 7.05 Å². The van der Waals surface area contributed by atoms with Crippen LogP contribution in [0.15, 0.2) is 89.7 Å². The lowest BCUT2D eigenvalue weighted by Gasteiger charge is -2.24. The Morgan fingerprint density at radius 2 is 1.56 bits per heavy atom. The van der Waals surface area contributed by atoms with Gasteiger partial charge in [0.05, 0.1) is 11.3 Å². The van der Waals surface area contributed by atoms with E-state index in [4.69, 9.17) is 4.74 Å². The Kier molecular flexibility index (Phi) is 5.41. The fourth-order valence-corrected chi connectivity index (χ4v) is 4.47. The predicted octanol–water partition coefficient (Wildman–Crippen LogP) is 4.62. The minimum Gasteiger partial charge on any atom is -0.484 e. The molecule has 1 aromatic heterocycles. The first kappa shape index (κ1) is 20.3. The van der Waals surface area contributed by atoms with Crippen LogP contribution in [-0.4, -0.2) is 20.8 Å². The van der Waals surface area contributed by atoms with E-state index in [0.717, 1.165) is 40.4 Å². The van der Waals surface area contributed by atoms with Crippen LogP contribution in [0.2, 0.25) is 0 Å². The van der Waals surface area contributed by atoms with Crippen molar-refractivity contribution in [2.75, 3.05) is 6.54 Å². The van der Waals surface area contributed by atoms with Gasteiger partial charge in [0.1, 0.15) is 11.9 Å². The molecule has 5 nitrogen and oxygen atoms in total. The van der Waals surface area contributed by atoms with Crippen molar-refractivity contribution in [2.45, 2.75) is 26.1 Å². The van der Waals surface area contributed by atoms with Crippen LogP contribution in [0.1, 0.15) is 28.5 Å². The number of aromatic nitrogens is 2. The molecule has 0 bridgehead atoms. The molecule has 5 rings (SSSR count). The van der Waals surface area contributed by atoms with Gasteiger partial charge in [-0.25, -0.2) is 4.68 Å². The van der Waals surface area contributed by atoms with Gasteiger partial charge in [-0.3, -0.25) is 14.4 Å². The first-order valence-corrected chi connectivity index (χ1v) is 11.0. The molecule has 0 fully saturated rings. The summed E-state index contributed by atoms with van der Waals surface area (Å²) < 4.78 is 10.1. The molecule has 162 valence electrons. The molecule has 1 aliphatic heterocycles. The van der Waals surface area contributed by atoms with Crippen molar-refractivity contribution >= 4 is 0 Å². The smallest absolute Gasteiger partial charge is 0.276 e. The first-order chi connectivity index (χ1) is 15.6. The third-order valence-corrected chi connectivity index (χ3v) is 6.29. The third-order valence-electron chi connectivity index (χ3n) is 6.29. The number of hydrogen-bond acceptors (Lipinski definition) is 3. The molecule has 32 heavy (non-hydrogen) atoms. The van der Waals surface area contributed by atoms with Crippen molar-refractivity contribution < 1.29 is 4.74 Å². The predicted molar refractivity (Wildman–Crippen MR) is 126 cm³/mol. The average molecular weight is 426 g/mol. The summed E-state index contributed by atoms with van der Waals surface area (Å²) in [6, 6.07) is 28.3. The molecule has 3 aromatic carbocycles. The highest BCUT2D eigenvalue weighted by molar-refractivity contribution is 5.36. The third kappa shape index (κ3) is 3.76. The summed E-state index contributed by atoms with van der Waals surface area (Å²) in [7, 11) is 1.95. The summed E-state index contributed by atoms with van der Waals surface area (Å²) in [6.45, 7) is 4.03. The van der Waals surface area contributed by atoms with Gasteiger partial charge >= 0.3 is 0 Å². The van der Waals surface area contributed by atoms with E-state index < -0.39 is 0 Å². The first-order valence-electron chi connectivity index (χ1n) is 11.0. The highest BCUT2D eigenvalue weighted by Gasteiger charge is 2.26. The second kappa shape index (κ2) is 8.52. The van der Waals surface area contributed by atoms with Gasteiger partial charge in [0, 0.05) is 37.9 Å². The normalized spacial score (nSPS) is 16.2. The zero-order chi connectivity index (χ0) is 22.1. The van der Waals surface area contributed by atoms with Gasteiger partial charge < -0.3 is 4.74 Å². The van der Waals surface area contributed by atoms with Crippen molar-refractivity contribution in [3.05, 3.63) is 118 Å². The number of para-hydroxylation sites is 2. The van der Waals surface area contributed by atoms with Crippen LogP contribution in [0.25, 0.3) is 5.69 Å². The van der Waals surface area contributed by atoms with Gasteiger partial charge in [-0.15, -0.1) is 0 Å². The number of rotatable bonds is 4. The summed E-state index contributed by atoms with van der Waals surface area (Å²) >= 11 is 0. The standard InChI is InChI=1S/C27H27N3O2/c1-20-24(27(31)30(28(20)2)23-14-7-4-8-15-23)18-29-17-22-13-9-10-16-25(22)32-26(19-29)21-11-5-3-6-12-21/h3-16,26H,17-19H2,1-2H3. The van der Waals surface area contributed by atoms with Crippen LogP contribution in [0, 0.1) is 6.92 Å². The van der Waals surface area contributed by atoms with E-state index in [1.165, 1.54) is 0 Å². The molecule has 5 heteroatoms. The Morgan fingerprint density at radius 3 is 2.31 bits per heavy atom. The highest BCUT2D eigenvalue weighted by atomic mass is 16.5. The van der Waals surface area contributed by atoms with E-state index in [1.54, 1.807) is 4.68 Å². The van der Waals surface area contributed by atoms with Crippen molar-refractivity contribution in [3.63, 3.8) is 0 Å². The van der Waals surface area contributed by atoms with Gasteiger partial charge in [0.15, 0.2) is 0 Å². The zero-order valence-electron chi connectivity index (χ0n) is 18.4. The van der Waals surface area contributed by atoms with Gasteiger partial charge in [0.2, 0.25) is 0 Å². The molecule has 1 aliphatic rings. The lowest BCUT2D eigenvalue weighted by atomic mass is 10.1. The highest BCUT2D eigenvalue weighted by Crippen LogP contribution is 2.31. The molecule has 0 aliphatic carbocycles. The molecule has 2 heterocycles. The molecular weight excluding hydrogens is 398 g/mol. The maximum atomic E-state index is 13.5. The second-order valence-electron chi connectivity index (χ2n) is 8.33. The molecular formula is C27H27N3O2. The summed E-state index contributed by atoms with van der Waals surface area (Å²) in [5, 5.41) is 0. The van der Waals surface area contributed by atoms with Crippen molar-refractivity contribution in [1.29, 1.82) is 0 Å². The Labute approximate surface area is 188 Å². The van der Waals surface area contributed by atoms with Gasteiger partial charge in [-0.2, -0.15) is 0 Å². The quantitative estimate of drug-likeness (QED) is 0.479. The fraction of sp³-hybridized carbons (Fsp3) is 0.222. The van der Waals surface area contributed by atoms with E-state index in [-0.39, 0.29) is 11.7 Å². The number of hydrogen-bond donors (Lipinski definition) is 0. The molecule has 0 saturated heterocycles. The minimum atomic E-state index is -0.0970. The van der Waals surface area contributed by atoms with Crippen molar-refractivity contribution in [3.8, 4) is 11.4 Å².